The summed E-state index contributed by atoms with van der Waals surface area (Å²) in [6, 6.07) is 13.2. The molecule has 1 aliphatic rings. The second kappa shape index (κ2) is 7.13. The molecule has 23 heavy (non-hydrogen) atoms. The molecule has 3 rings (SSSR count). The monoisotopic (exact) mass is 312 g/mol. The first kappa shape index (κ1) is 15.3. The number of pyridine rings is 1. The number of carbonyl (C=O) groups excluding carboxylic acids is 1. The first-order valence-electron chi connectivity index (χ1n) is 7.73. The van der Waals surface area contributed by atoms with Crippen molar-refractivity contribution < 1.29 is 14.3 Å². The number of hydrogen-bond donors (Lipinski definition) is 0. The maximum absolute atomic E-state index is 12.5. The molecule has 5 nitrogen and oxygen atoms in total. The number of amides is 1. The van der Waals surface area contributed by atoms with Gasteiger partial charge < -0.3 is 14.4 Å². The van der Waals surface area contributed by atoms with Crippen molar-refractivity contribution in [3.8, 4) is 11.6 Å². The van der Waals surface area contributed by atoms with Gasteiger partial charge in [-0.2, -0.15) is 0 Å². The summed E-state index contributed by atoms with van der Waals surface area (Å²) in [5.74, 6) is 1.46. The van der Waals surface area contributed by atoms with Gasteiger partial charge in [-0.15, -0.1) is 0 Å². The summed E-state index contributed by atoms with van der Waals surface area (Å²) in [6.07, 6.45) is 2.88. The van der Waals surface area contributed by atoms with E-state index >= 15 is 0 Å². The maximum atomic E-state index is 12.5. The number of hydrogen-bond acceptors (Lipinski definition) is 4. The van der Waals surface area contributed by atoms with Crippen LogP contribution in [0.5, 0.6) is 11.6 Å². The predicted molar refractivity (Wildman–Crippen MR) is 86.5 cm³/mol. The van der Waals surface area contributed by atoms with E-state index < -0.39 is 0 Å². The quantitative estimate of drug-likeness (QED) is 0.850. The lowest BCUT2D eigenvalue weighted by molar-refractivity contribution is -0.129. The Morgan fingerprint density at radius 1 is 1.26 bits per heavy atom. The van der Waals surface area contributed by atoms with Crippen molar-refractivity contribution in [1.29, 1.82) is 0 Å². The molecule has 0 radical (unpaired) electrons. The van der Waals surface area contributed by atoms with Gasteiger partial charge in [0.15, 0.2) is 0 Å². The van der Waals surface area contributed by atoms with Crippen LogP contribution >= 0.6 is 0 Å². The largest absolute Gasteiger partial charge is 0.496 e. The van der Waals surface area contributed by atoms with E-state index in [1.165, 1.54) is 0 Å². The molecule has 0 aliphatic carbocycles. The molecule has 0 bridgehead atoms. The van der Waals surface area contributed by atoms with E-state index in [2.05, 4.69) is 4.98 Å². The molecule has 1 aliphatic heterocycles. The van der Waals surface area contributed by atoms with Gasteiger partial charge in [0.2, 0.25) is 11.8 Å². The van der Waals surface area contributed by atoms with Gasteiger partial charge in [-0.25, -0.2) is 4.98 Å². The summed E-state index contributed by atoms with van der Waals surface area (Å²) in [5, 5.41) is 0. The van der Waals surface area contributed by atoms with E-state index in [-0.39, 0.29) is 12.0 Å². The fourth-order valence-electron chi connectivity index (χ4n) is 2.76. The number of carbonyl (C=O) groups is 1. The van der Waals surface area contributed by atoms with E-state index in [1.807, 2.05) is 47.4 Å². The molecule has 0 saturated carbocycles. The highest BCUT2D eigenvalue weighted by Crippen LogP contribution is 2.21. The average Bonchev–Trinajstić information content (AvgIpc) is 3.05. The molecule has 1 fully saturated rings. The zero-order valence-electron chi connectivity index (χ0n) is 13.1. The zero-order valence-corrected chi connectivity index (χ0v) is 13.1. The van der Waals surface area contributed by atoms with Crippen LogP contribution < -0.4 is 9.47 Å². The van der Waals surface area contributed by atoms with Crippen molar-refractivity contribution >= 4 is 5.91 Å². The number of benzene rings is 1. The summed E-state index contributed by atoms with van der Waals surface area (Å²) in [6.45, 7) is 1.32. The Bertz CT molecular complexity index is 660. The predicted octanol–water partition coefficient (Wildman–Crippen LogP) is 2.31. The van der Waals surface area contributed by atoms with Gasteiger partial charge in [0.25, 0.3) is 0 Å². The van der Waals surface area contributed by atoms with E-state index in [9.17, 15) is 4.79 Å². The third-order valence-corrected chi connectivity index (χ3v) is 3.96. The minimum atomic E-state index is 0.00604. The average molecular weight is 312 g/mol. The summed E-state index contributed by atoms with van der Waals surface area (Å²) < 4.78 is 11.1. The minimum Gasteiger partial charge on any atom is -0.496 e. The Morgan fingerprint density at radius 3 is 2.87 bits per heavy atom. The zero-order chi connectivity index (χ0) is 16.1. The Kier molecular flexibility index (Phi) is 4.76. The van der Waals surface area contributed by atoms with Crippen molar-refractivity contribution in [3.05, 3.63) is 54.2 Å². The summed E-state index contributed by atoms with van der Waals surface area (Å²) in [7, 11) is 1.62. The lowest BCUT2D eigenvalue weighted by Crippen LogP contribution is -2.32. The highest BCUT2D eigenvalue weighted by Gasteiger charge is 2.28. The number of rotatable bonds is 5. The standard InChI is InChI=1S/C18H20N2O3/c1-22-16-7-3-2-6-14(16)12-18(21)20-11-9-15(13-20)23-17-8-4-5-10-19-17/h2-8,10,15H,9,11-13H2,1H3/t15-/m0/s1. The summed E-state index contributed by atoms with van der Waals surface area (Å²) in [5.41, 5.74) is 0.911. The van der Waals surface area contributed by atoms with Crippen LogP contribution in [-0.2, 0) is 11.2 Å². The third-order valence-electron chi connectivity index (χ3n) is 3.96. The van der Waals surface area contributed by atoms with Gasteiger partial charge in [0, 0.05) is 30.8 Å². The van der Waals surface area contributed by atoms with Crippen LogP contribution in [0.3, 0.4) is 0 Å². The topological polar surface area (TPSA) is 51.7 Å². The molecule has 1 aromatic heterocycles. The molecule has 1 saturated heterocycles. The van der Waals surface area contributed by atoms with Crippen molar-refractivity contribution in [2.24, 2.45) is 0 Å². The SMILES string of the molecule is COc1ccccc1CC(=O)N1CC[C@H](Oc2ccccn2)C1. The number of aromatic nitrogens is 1. The lowest BCUT2D eigenvalue weighted by atomic mass is 10.1. The molecule has 1 atom stereocenters. The number of para-hydroxylation sites is 1. The van der Waals surface area contributed by atoms with Crippen LogP contribution in [-0.4, -0.2) is 42.1 Å². The van der Waals surface area contributed by atoms with Crippen LogP contribution in [0, 0.1) is 0 Å². The maximum Gasteiger partial charge on any atom is 0.227 e. The van der Waals surface area contributed by atoms with Gasteiger partial charge in [-0.1, -0.05) is 24.3 Å². The smallest absolute Gasteiger partial charge is 0.227 e. The first-order chi connectivity index (χ1) is 11.3. The molecule has 5 heteroatoms. The fraction of sp³-hybridized carbons (Fsp3) is 0.333. The van der Waals surface area contributed by atoms with Gasteiger partial charge in [0.1, 0.15) is 11.9 Å². The van der Waals surface area contributed by atoms with E-state index in [4.69, 9.17) is 9.47 Å². The highest BCUT2D eigenvalue weighted by atomic mass is 16.5. The van der Waals surface area contributed by atoms with Crippen LogP contribution in [0.15, 0.2) is 48.7 Å². The molecule has 2 heterocycles. The number of ether oxygens (including phenoxy) is 2. The normalized spacial score (nSPS) is 17.1. The molecule has 2 aromatic rings. The number of methoxy groups -OCH3 is 1. The van der Waals surface area contributed by atoms with E-state index in [0.717, 1.165) is 17.7 Å². The third kappa shape index (κ3) is 3.80. The van der Waals surface area contributed by atoms with Crippen LogP contribution in [0.25, 0.3) is 0 Å². The Hall–Kier alpha value is -2.56. The molecule has 0 spiro atoms. The summed E-state index contributed by atoms with van der Waals surface area (Å²) >= 11 is 0. The molecule has 120 valence electrons. The highest BCUT2D eigenvalue weighted by molar-refractivity contribution is 5.79. The van der Waals surface area contributed by atoms with E-state index in [0.29, 0.717) is 25.4 Å². The Balaban J connectivity index is 1.57. The van der Waals surface area contributed by atoms with Gasteiger partial charge in [-0.05, 0) is 12.1 Å². The number of likely N-dealkylation sites (tertiary alicyclic amines) is 1. The Labute approximate surface area is 135 Å². The molecular weight excluding hydrogens is 292 g/mol. The molecule has 0 unspecified atom stereocenters. The van der Waals surface area contributed by atoms with Gasteiger partial charge >= 0.3 is 0 Å². The van der Waals surface area contributed by atoms with Gasteiger partial charge in [-0.3, -0.25) is 4.79 Å². The van der Waals surface area contributed by atoms with Crippen molar-refractivity contribution in [2.75, 3.05) is 20.2 Å². The number of nitrogens with zero attached hydrogens (tertiary/aromatic N) is 2. The molecule has 1 amide bonds. The van der Waals surface area contributed by atoms with Crippen molar-refractivity contribution in [3.63, 3.8) is 0 Å². The molecule has 1 aromatic carbocycles. The van der Waals surface area contributed by atoms with Gasteiger partial charge in [0.05, 0.1) is 20.1 Å². The second-order valence-corrected chi connectivity index (χ2v) is 5.52. The first-order valence-corrected chi connectivity index (χ1v) is 7.73. The summed E-state index contributed by atoms with van der Waals surface area (Å²) in [4.78, 5) is 18.5. The minimum absolute atomic E-state index is 0.00604. The van der Waals surface area contributed by atoms with Crippen LogP contribution in [0.2, 0.25) is 0 Å². The Morgan fingerprint density at radius 2 is 2.09 bits per heavy atom. The van der Waals surface area contributed by atoms with Crippen LogP contribution in [0.4, 0.5) is 0 Å². The molecular formula is C18H20N2O3. The fourth-order valence-corrected chi connectivity index (χ4v) is 2.76. The van der Waals surface area contributed by atoms with Crippen molar-refractivity contribution in [1.82, 2.24) is 9.88 Å². The van der Waals surface area contributed by atoms with Crippen LogP contribution in [0.1, 0.15) is 12.0 Å². The van der Waals surface area contributed by atoms with Crippen molar-refractivity contribution in [2.45, 2.75) is 18.9 Å². The van der Waals surface area contributed by atoms with E-state index in [1.54, 1.807) is 13.3 Å². The molecule has 0 N–H and O–H groups in total. The second-order valence-electron chi connectivity index (χ2n) is 5.52. The lowest BCUT2D eigenvalue weighted by Gasteiger charge is -2.17.